The van der Waals surface area contributed by atoms with Crippen LogP contribution in [0.3, 0.4) is 0 Å². The van der Waals surface area contributed by atoms with Gasteiger partial charge in [0.05, 0.1) is 5.56 Å². The number of aryl methyl sites for hydroxylation is 1. The van der Waals surface area contributed by atoms with Gasteiger partial charge in [0.25, 0.3) is 5.91 Å². The highest BCUT2D eigenvalue weighted by Gasteiger charge is 2.12. The summed E-state index contributed by atoms with van der Waals surface area (Å²) in [6.07, 6.45) is 5.17. The Labute approximate surface area is 118 Å². The van der Waals surface area contributed by atoms with Crippen LogP contribution in [0.15, 0.2) is 48.5 Å². The van der Waals surface area contributed by atoms with Gasteiger partial charge < -0.3 is 10.1 Å². The van der Waals surface area contributed by atoms with E-state index in [0.717, 1.165) is 11.3 Å². The van der Waals surface area contributed by atoms with E-state index in [1.807, 2.05) is 31.2 Å². The van der Waals surface area contributed by atoms with E-state index in [0.29, 0.717) is 11.3 Å². The first-order valence-corrected chi connectivity index (χ1v) is 6.24. The van der Waals surface area contributed by atoms with Gasteiger partial charge in [-0.3, -0.25) is 4.79 Å². The van der Waals surface area contributed by atoms with Crippen LogP contribution in [0.5, 0.6) is 5.75 Å². The van der Waals surface area contributed by atoms with E-state index in [9.17, 15) is 4.79 Å². The number of hydrogen-bond acceptors (Lipinski definition) is 2. The Bertz CT molecular complexity index is 656. The van der Waals surface area contributed by atoms with Crippen LogP contribution in [0.2, 0.25) is 0 Å². The van der Waals surface area contributed by atoms with Crippen molar-refractivity contribution >= 4 is 11.6 Å². The molecule has 0 unspecified atom stereocenters. The summed E-state index contributed by atoms with van der Waals surface area (Å²) in [7, 11) is 0. The van der Waals surface area contributed by atoms with Crippen molar-refractivity contribution < 1.29 is 9.53 Å². The number of amides is 1. The number of hydrogen-bond donors (Lipinski definition) is 1. The number of carbonyl (C=O) groups excluding carboxylic acids is 1. The minimum Gasteiger partial charge on any atom is -0.480 e. The molecular weight excluding hydrogens is 250 g/mol. The number of rotatable bonds is 4. The Morgan fingerprint density at radius 2 is 2.05 bits per heavy atom. The Balaban J connectivity index is 2.19. The third-order valence-corrected chi connectivity index (χ3v) is 2.72. The van der Waals surface area contributed by atoms with E-state index in [1.165, 1.54) is 0 Å². The fourth-order valence-corrected chi connectivity index (χ4v) is 1.82. The van der Waals surface area contributed by atoms with Crippen LogP contribution in [0, 0.1) is 19.3 Å². The average Bonchev–Trinajstić information content (AvgIpc) is 2.45. The number of nitrogens with one attached hydrogen (secondary N) is 1. The van der Waals surface area contributed by atoms with E-state index in [2.05, 4.69) is 11.2 Å². The monoisotopic (exact) mass is 265 g/mol. The van der Waals surface area contributed by atoms with Crippen molar-refractivity contribution in [1.29, 1.82) is 0 Å². The number of anilines is 1. The summed E-state index contributed by atoms with van der Waals surface area (Å²) >= 11 is 0. The summed E-state index contributed by atoms with van der Waals surface area (Å²) < 4.78 is 5.37. The summed E-state index contributed by atoms with van der Waals surface area (Å²) in [4.78, 5) is 12.3. The number of carbonyl (C=O) groups is 1. The minimum absolute atomic E-state index is 0.134. The maximum atomic E-state index is 12.3. The zero-order chi connectivity index (χ0) is 14.4. The lowest BCUT2D eigenvalue weighted by Crippen LogP contribution is -2.13. The summed E-state index contributed by atoms with van der Waals surface area (Å²) in [6.45, 7) is 2.11. The van der Waals surface area contributed by atoms with Gasteiger partial charge in [0.2, 0.25) is 0 Å². The van der Waals surface area contributed by atoms with E-state index in [4.69, 9.17) is 11.2 Å². The van der Waals surface area contributed by atoms with Crippen LogP contribution >= 0.6 is 0 Å². The molecule has 0 aliphatic carbocycles. The molecule has 0 radical (unpaired) electrons. The number of para-hydroxylation sites is 1. The maximum absolute atomic E-state index is 12.3. The molecule has 0 aromatic heterocycles. The second-order valence-corrected chi connectivity index (χ2v) is 4.31. The summed E-state index contributed by atoms with van der Waals surface area (Å²) in [5, 5.41) is 2.85. The van der Waals surface area contributed by atoms with Crippen molar-refractivity contribution in [3.8, 4) is 18.1 Å². The Morgan fingerprint density at radius 1 is 1.25 bits per heavy atom. The zero-order valence-electron chi connectivity index (χ0n) is 11.2. The Morgan fingerprint density at radius 3 is 2.80 bits per heavy atom. The van der Waals surface area contributed by atoms with E-state index < -0.39 is 0 Å². The topological polar surface area (TPSA) is 38.3 Å². The molecule has 0 spiro atoms. The Hall–Kier alpha value is -2.73. The van der Waals surface area contributed by atoms with E-state index >= 15 is 0 Å². The normalized spacial score (nSPS) is 9.60. The van der Waals surface area contributed by atoms with Crippen molar-refractivity contribution in [3.05, 3.63) is 59.7 Å². The molecule has 3 nitrogen and oxygen atoms in total. The van der Waals surface area contributed by atoms with Crippen LogP contribution in [0.25, 0.3) is 0 Å². The largest absolute Gasteiger partial charge is 0.480 e. The van der Waals surface area contributed by atoms with Gasteiger partial charge >= 0.3 is 0 Å². The lowest BCUT2D eigenvalue weighted by molar-refractivity contribution is 0.102. The van der Waals surface area contributed by atoms with Gasteiger partial charge in [0.1, 0.15) is 12.4 Å². The highest BCUT2D eigenvalue weighted by atomic mass is 16.5. The molecule has 0 saturated heterocycles. The second-order valence-electron chi connectivity index (χ2n) is 4.31. The molecule has 0 atom stereocenters. The number of ether oxygens (including phenoxy) is 1. The van der Waals surface area contributed by atoms with Crippen molar-refractivity contribution in [2.45, 2.75) is 6.92 Å². The lowest BCUT2D eigenvalue weighted by atomic mass is 10.1. The quantitative estimate of drug-likeness (QED) is 0.862. The van der Waals surface area contributed by atoms with Crippen molar-refractivity contribution in [3.63, 3.8) is 0 Å². The van der Waals surface area contributed by atoms with Gasteiger partial charge in [-0.2, -0.15) is 0 Å². The first-order chi connectivity index (χ1) is 9.70. The van der Waals surface area contributed by atoms with Crippen molar-refractivity contribution in [1.82, 2.24) is 0 Å². The fraction of sp³-hybridized carbons (Fsp3) is 0.118. The third kappa shape index (κ3) is 3.39. The predicted molar refractivity (Wildman–Crippen MR) is 79.9 cm³/mol. The number of terminal acetylenes is 1. The summed E-state index contributed by atoms with van der Waals surface area (Å²) in [6, 6.07) is 14.6. The van der Waals surface area contributed by atoms with Gasteiger partial charge in [-0.1, -0.05) is 30.2 Å². The van der Waals surface area contributed by atoms with Crippen LogP contribution in [0.4, 0.5) is 5.69 Å². The molecule has 0 fully saturated rings. The summed E-state index contributed by atoms with van der Waals surface area (Å²) in [5.74, 6) is 2.65. The SMILES string of the molecule is C#CCOc1ccccc1C(=O)Nc1cccc(C)c1. The molecule has 2 aromatic carbocycles. The van der Waals surface area contributed by atoms with Gasteiger partial charge in [-0.15, -0.1) is 6.42 Å². The highest BCUT2D eigenvalue weighted by Crippen LogP contribution is 2.20. The molecule has 1 N–H and O–H groups in total. The molecule has 100 valence electrons. The van der Waals surface area contributed by atoms with Crippen LogP contribution in [-0.4, -0.2) is 12.5 Å². The maximum Gasteiger partial charge on any atom is 0.259 e. The van der Waals surface area contributed by atoms with Gasteiger partial charge in [0, 0.05) is 5.69 Å². The minimum atomic E-state index is -0.219. The van der Waals surface area contributed by atoms with Crippen molar-refractivity contribution in [2.75, 3.05) is 11.9 Å². The molecule has 0 heterocycles. The molecule has 20 heavy (non-hydrogen) atoms. The average molecular weight is 265 g/mol. The fourth-order valence-electron chi connectivity index (χ4n) is 1.82. The molecule has 0 bridgehead atoms. The Kier molecular flexibility index (Phi) is 4.41. The van der Waals surface area contributed by atoms with E-state index in [-0.39, 0.29) is 12.5 Å². The molecule has 0 aliphatic rings. The lowest BCUT2D eigenvalue weighted by Gasteiger charge is -2.10. The molecule has 2 rings (SSSR count). The molecule has 3 heteroatoms. The third-order valence-electron chi connectivity index (χ3n) is 2.72. The van der Waals surface area contributed by atoms with E-state index in [1.54, 1.807) is 24.3 Å². The zero-order valence-corrected chi connectivity index (χ0v) is 11.2. The standard InChI is InChI=1S/C17H15NO2/c1-3-11-20-16-10-5-4-9-15(16)17(19)18-14-8-6-7-13(2)12-14/h1,4-10,12H,11H2,2H3,(H,18,19). The smallest absolute Gasteiger partial charge is 0.259 e. The second kappa shape index (κ2) is 6.44. The van der Waals surface area contributed by atoms with Crippen LogP contribution < -0.4 is 10.1 Å². The number of benzene rings is 2. The van der Waals surface area contributed by atoms with Gasteiger partial charge in [-0.25, -0.2) is 0 Å². The van der Waals surface area contributed by atoms with Gasteiger partial charge in [-0.05, 0) is 36.8 Å². The predicted octanol–water partition coefficient (Wildman–Crippen LogP) is 3.26. The van der Waals surface area contributed by atoms with Crippen LogP contribution in [0.1, 0.15) is 15.9 Å². The summed E-state index contributed by atoms with van der Waals surface area (Å²) in [5.41, 5.74) is 2.30. The van der Waals surface area contributed by atoms with Crippen molar-refractivity contribution in [2.24, 2.45) is 0 Å². The van der Waals surface area contributed by atoms with Crippen LogP contribution in [-0.2, 0) is 0 Å². The molecule has 0 aliphatic heterocycles. The molecular formula is C17H15NO2. The first kappa shape index (κ1) is 13.7. The molecule has 2 aromatic rings. The van der Waals surface area contributed by atoms with Gasteiger partial charge in [0.15, 0.2) is 0 Å². The first-order valence-electron chi connectivity index (χ1n) is 6.24. The molecule has 1 amide bonds. The molecule has 0 saturated carbocycles. The highest BCUT2D eigenvalue weighted by molar-refractivity contribution is 6.06.